The Bertz CT molecular complexity index is 956. The molecular formula is C22H20N2O4. The summed E-state index contributed by atoms with van der Waals surface area (Å²) in [6.07, 6.45) is 0. The number of rotatable bonds is 7. The van der Waals surface area contributed by atoms with E-state index in [4.69, 9.17) is 4.74 Å². The molecule has 0 aliphatic rings. The fourth-order valence-corrected chi connectivity index (χ4v) is 2.83. The van der Waals surface area contributed by atoms with Gasteiger partial charge >= 0.3 is 5.69 Å². The molecule has 0 aliphatic carbocycles. The van der Waals surface area contributed by atoms with Crippen molar-refractivity contribution in [1.82, 2.24) is 5.32 Å². The molecule has 0 fully saturated rings. The summed E-state index contributed by atoms with van der Waals surface area (Å²) in [7, 11) is 0. The quantitative estimate of drug-likeness (QED) is 0.486. The van der Waals surface area contributed by atoms with Crippen LogP contribution in [0.5, 0.6) is 5.75 Å². The number of nitro groups is 1. The van der Waals surface area contributed by atoms with Crippen LogP contribution in [0.1, 0.15) is 18.5 Å². The highest BCUT2D eigenvalue weighted by Gasteiger charge is 2.16. The molecule has 6 nitrogen and oxygen atoms in total. The maximum atomic E-state index is 12.2. The third-order valence-corrected chi connectivity index (χ3v) is 4.32. The summed E-state index contributed by atoms with van der Waals surface area (Å²) in [5, 5.41) is 13.8. The minimum Gasteiger partial charge on any atom is -0.477 e. The van der Waals surface area contributed by atoms with Gasteiger partial charge in [-0.05, 0) is 29.7 Å². The average Bonchev–Trinajstić information content (AvgIpc) is 2.73. The number of carbonyl (C=O) groups is 1. The molecule has 3 aromatic carbocycles. The topological polar surface area (TPSA) is 81.5 Å². The van der Waals surface area contributed by atoms with E-state index in [1.807, 2.05) is 61.5 Å². The Morgan fingerprint density at radius 3 is 2.25 bits per heavy atom. The number of nitro benzene ring substituents is 1. The van der Waals surface area contributed by atoms with Gasteiger partial charge in [-0.15, -0.1) is 0 Å². The van der Waals surface area contributed by atoms with E-state index in [2.05, 4.69) is 5.32 Å². The third-order valence-electron chi connectivity index (χ3n) is 4.32. The van der Waals surface area contributed by atoms with Gasteiger partial charge in [0.15, 0.2) is 12.4 Å². The van der Waals surface area contributed by atoms with Crippen LogP contribution in [0.25, 0.3) is 11.1 Å². The highest BCUT2D eigenvalue weighted by Crippen LogP contribution is 2.26. The number of carbonyl (C=O) groups excluding carboxylic acids is 1. The Kier molecular flexibility index (Phi) is 6.01. The lowest BCUT2D eigenvalue weighted by molar-refractivity contribution is -0.385. The molecule has 0 bridgehead atoms. The van der Waals surface area contributed by atoms with Crippen LogP contribution in [-0.4, -0.2) is 17.4 Å². The summed E-state index contributed by atoms with van der Waals surface area (Å²) in [5.74, 6) is -0.277. The van der Waals surface area contributed by atoms with Gasteiger partial charge in [-0.1, -0.05) is 66.7 Å². The zero-order chi connectivity index (χ0) is 19.9. The van der Waals surface area contributed by atoms with Gasteiger partial charge in [-0.3, -0.25) is 14.9 Å². The first kappa shape index (κ1) is 19.1. The van der Waals surface area contributed by atoms with Gasteiger partial charge in [0.2, 0.25) is 0 Å². The Balaban J connectivity index is 1.58. The molecule has 0 unspecified atom stereocenters. The van der Waals surface area contributed by atoms with Gasteiger partial charge in [0.05, 0.1) is 11.0 Å². The molecule has 6 heteroatoms. The van der Waals surface area contributed by atoms with Crippen LogP contribution in [0.2, 0.25) is 0 Å². The lowest BCUT2D eigenvalue weighted by atomic mass is 10.0. The van der Waals surface area contributed by atoms with Crippen LogP contribution in [-0.2, 0) is 4.79 Å². The normalized spacial score (nSPS) is 11.5. The molecule has 1 atom stereocenters. The molecule has 0 radical (unpaired) electrons. The number of benzene rings is 3. The third kappa shape index (κ3) is 4.73. The Morgan fingerprint density at radius 2 is 1.57 bits per heavy atom. The number of nitrogens with zero attached hydrogens (tertiary/aromatic N) is 1. The maximum absolute atomic E-state index is 12.2. The number of ether oxygens (including phenoxy) is 1. The minimum atomic E-state index is -0.538. The second kappa shape index (κ2) is 8.81. The monoisotopic (exact) mass is 376 g/mol. The summed E-state index contributed by atoms with van der Waals surface area (Å²) in [6.45, 7) is 1.58. The second-order valence-electron chi connectivity index (χ2n) is 6.29. The zero-order valence-corrected chi connectivity index (χ0v) is 15.4. The Hall–Kier alpha value is -3.67. The van der Waals surface area contributed by atoms with Crippen molar-refractivity contribution in [3.05, 3.63) is 94.5 Å². The summed E-state index contributed by atoms with van der Waals surface area (Å²) >= 11 is 0. The van der Waals surface area contributed by atoms with E-state index in [1.165, 1.54) is 12.1 Å². The van der Waals surface area contributed by atoms with Crippen molar-refractivity contribution in [3.63, 3.8) is 0 Å². The predicted molar refractivity (Wildman–Crippen MR) is 107 cm³/mol. The summed E-state index contributed by atoms with van der Waals surface area (Å²) in [5.41, 5.74) is 3.02. The number of nitrogens with one attached hydrogen (secondary N) is 1. The van der Waals surface area contributed by atoms with Crippen LogP contribution < -0.4 is 10.1 Å². The van der Waals surface area contributed by atoms with Gasteiger partial charge < -0.3 is 10.1 Å². The predicted octanol–water partition coefficient (Wildman–Crippen LogP) is 4.52. The Morgan fingerprint density at radius 1 is 0.964 bits per heavy atom. The van der Waals surface area contributed by atoms with E-state index in [9.17, 15) is 14.9 Å². The standard InChI is InChI=1S/C22H20N2O4/c1-16(17-11-13-19(14-12-17)18-7-3-2-4-8-18)23-22(25)15-28-21-10-6-5-9-20(21)24(26)27/h2-14,16H,15H2,1H3,(H,23,25)/t16-/m1/s1. The van der Waals surface area contributed by atoms with E-state index in [-0.39, 0.29) is 30.0 Å². The largest absolute Gasteiger partial charge is 0.477 e. The minimum absolute atomic E-state index is 0.0718. The van der Waals surface area contributed by atoms with Crippen molar-refractivity contribution in [2.75, 3.05) is 6.61 Å². The summed E-state index contributed by atoms with van der Waals surface area (Å²) in [4.78, 5) is 22.6. The maximum Gasteiger partial charge on any atom is 0.310 e. The van der Waals surface area contributed by atoms with E-state index >= 15 is 0 Å². The van der Waals surface area contributed by atoms with Crippen molar-refractivity contribution >= 4 is 11.6 Å². The second-order valence-corrected chi connectivity index (χ2v) is 6.29. The van der Waals surface area contributed by atoms with Crippen LogP contribution in [0.15, 0.2) is 78.9 Å². The van der Waals surface area contributed by atoms with E-state index < -0.39 is 4.92 Å². The molecule has 0 spiro atoms. The molecule has 0 aliphatic heterocycles. The van der Waals surface area contributed by atoms with Crippen LogP contribution >= 0.6 is 0 Å². The number of para-hydroxylation sites is 2. The van der Waals surface area contributed by atoms with E-state index in [0.717, 1.165) is 16.7 Å². The van der Waals surface area contributed by atoms with Crippen molar-refractivity contribution < 1.29 is 14.5 Å². The van der Waals surface area contributed by atoms with Gasteiger partial charge in [0.25, 0.3) is 5.91 Å². The van der Waals surface area contributed by atoms with Crippen LogP contribution in [0.3, 0.4) is 0 Å². The van der Waals surface area contributed by atoms with Gasteiger partial charge in [-0.25, -0.2) is 0 Å². The molecule has 0 saturated heterocycles. The number of hydrogen-bond acceptors (Lipinski definition) is 4. The first-order chi connectivity index (χ1) is 13.5. The smallest absolute Gasteiger partial charge is 0.310 e. The van der Waals surface area contributed by atoms with E-state index in [0.29, 0.717) is 0 Å². The lowest BCUT2D eigenvalue weighted by Gasteiger charge is -2.15. The molecular weight excluding hydrogens is 356 g/mol. The number of hydrogen-bond donors (Lipinski definition) is 1. The molecule has 0 saturated carbocycles. The fraction of sp³-hybridized carbons (Fsp3) is 0.136. The molecule has 1 amide bonds. The van der Waals surface area contributed by atoms with Crippen LogP contribution in [0, 0.1) is 10.1 Å². The summed E-state index contributed by atoms with van der Waals surface area (Å²) in [6, 6.07) is 23.8. The first-order valence-electron chi connectivity index (χ1n) is 8.85. The highest BCUT2D eigenvalue weighted by molar-refractivity contribution is 5.78. The molecule has 142 valence electrons. The number of amides is 1. The van der Waals surface area contributed by atoms with Crippen molar-refractivity contribution in [2.45, 2.75) is 13.0 Å². The van der Waals surface area contributed by atoms with Crippen molar-refractivity contribution in [2.24, 2.45) is 0 Å². The van der Waals surface area contributed by atoms with Gasteiger partial charge in [0, 0.05) is 6.07 Å². The molecule has 0 heterocycles. The van der Waals surface area contributed by atoms with Gasteiger partial charge in [0.1, 0.15) is 0 Å². The lowest BCUT2D eigenvalue weighted by Crippen LogP contribution is -2.31. The molecule has 3 rings (SSSR count). The molecule has 28 heavy (non-hydrogen) atoms. The molecule has 3 aromatic rings. The van der Waals surface area contributed by atoms with Crippen molar-refractivity contribution in [3.8, 4) is 16.9 Å². The van der Waals surface area contributed by atoms with Crippen LogP contribution in [0.4, 0.5) is 5.69 Å². The molecule has 1 N–H and O–H groups in total. The average molecular weight is 376 g/mol. The molecule has 0 aromatic heterocycles. The summed E-state index contributed by atoms with van der Waals surface area (Å²) < 4.78 is 5.32. The SMILES string of the molecule is C[C@@H](NC(=O)COc1ccccc1[N+](=O)[O-])c1ccc(-c2ccccc2)cc1. The Labute approximate surface area is 162 Å². The zero-order valence-electron chi connectivity index (χ0n) is 15.4. The first-order valence-corrected chi connectivity index (χ1v) is 8.85. The fourth-order valence-electron chi connectivity index (χ4n) is 2.83. The van der Waals surface area contributed by atoms with E-state index in [1.54, 1.807) is 12.1 Å². The highest BCUT2D eigenvalue weighted by atomic mass is 16.6. The van der Waals surface area contributed by atoms with Crippen molar-refractivity contribution in [1.29, 1.82) is 0 Å². The van der Waals surface area contributed by atoms with Gasteiger partial charge in [-0.2, -0.15) is 0 Å².